The third-order valence-corrected chi connectivity index (χ3v) is 3.68. The van der Waals surface area contributed by atoms with Crippen molar-refractivity contribution in [2.24, 2.45) is 10.9 Å². The summed E-state index contributed by atoms with van der Waals surface area (Å²) in [6.45, 7) is 12.6. The van der Waals surface area contributed by atoms with E-state index in [1.807, 2.05) is 39.1 Å². The molecule has 0 amide bonds. The molecule has 0 spiro atoms. The molecule has 1 heterocycles. The highest BCUT2D eigenvalue weighted by atomic mass is 127. The van der Waals surface area contributed by atoms with Gasteiger partial charge in [-0.2, -0.15) is 0 Å². The molecule has 0 saturated carbocycles. The summed E-state index contributed by atoms with van der Waals surface area (Å²) in [6, 6.07) is 3.90. The second kappa shape index (κ2) is 14.0. The Kier molecular flexibility index (Phi) is 13.4. The van der Waals surface area contributed by atoms with Crippen LogP contribution < -0.4 is 15.4 Å². The highest BCUT2D eigenvalue weighted by Gasteiger charge is 2.12. The molecular weight excluding hydrogens is 443 g/mol. The lowest BCUT2D eigenvalue weighted by molar-refractivity contribution is 0.0258. The van der Waals surface area contributed by atoms with Crippen LogP contribution in [0, 0.1) is 5.92 Å². The Labute approximate surface area is 175 Å². The van der Waals surface area contributed by atoms with E-state index in [1.165, 1.54) is 0 Å². The first-order valence-electron chi connectivity index (χ1n) is 9.13. The van der Waals surface area contributed by atoms with Gasteiger partial charge in [0.15, 0.2) is 5.96 Å². The molecule has 26 heavy (non-hydrogen) atoms. The summed E-state index contributed by atoms with van der Waals surface area (Å²) in [6.07, 6.45) is 3.18. The number of guanidine groups is 1. The highest BCUT2D eigenvalue weighted by molar-refractivity contribution is 14.0. The monoisotopic (exact) mass is 478 g/mol. The fraction of sp³-hybridized carbons (Fsp3) is 0.684. The molecule has 0 saturated heterocycles. The van der Waals surface area contributed by atoms with Gasteiger partial charge in [0.1, 0.15) is 0 Å². The Morgan fingerprint density at radius 3 is 2.42 bits per heavy atom. The molecule has 0 bridgehead atoms. The molecule has 150 valence electrons. The van der Waals surface area contributed by atoms with Gasteiger partial charge < -0.3 is 20.1 Å². The molecule has 1 aromatic heterocycles. The number of halogens is 1. The van der Waals surface area contributed by atoms with Crippen molar-refractivity contribution in [2.45, 2.75) is 59.8 Å². The van der Waals surface area contributed by atoms with Gasteiger partial charge in [-0.25, -0.2) is 4.98 Å². The van der Waals surface area contributed by atoms with E-state index in [2.05, 4.69) is 34.5 Å². The molecule has 0 aliphatic carbocycles. The van der Waals surface area contributed by atoms with Gasteiger partial charge >= 0.3 is 0 Å². The van der Waals surface area contributed by atoms with Crippen molar-refractivity contribution in [3.05, 3.63) is 23.9 Å². The van der Waals surface area contributed by atoms with Crippen LogP contribution in [-0.4, -0.2) is 43.4 Å². The summed E-state index contributed by atoms with van der Waals surface area (Å²) < 4.78 is 11.3. The number of ether oxygens (including phenoxy) is 2. The molecule has 1 unspecified atom stereocenters. The molecule has 0 aliphatic rings. The molecule has 2 N–H and O–H groups in total. The Morgan fingerprint density at radius 1 is 1.19 bits per heavy atom. The maximum absolute atomic E-state index is 5.77. The van der Waals surface area contributed by atoms with E-state index in [0.29, 0.717) is 18.3 Å². The normalized spacial score (nSPS) is 12.7. The first-order chi connectivity index (χ1) is 12.0. The number of nitrogens with zero attached hydrogens (tertiary/aromatic N) is 2. The molecule has 7 heteroatoms. The fourth-order valence-electron chi connectivity index (χ4n) is 2.39. The van der Waals surface area contributed by atoms with E-state index in [1.54, 1.807) is 7.05 Å². The molecular formula is C19H35IN4O2. The zero-order valence-corrected chi connectivity index (χ0v) is 19.2. The lowest BCUT2D eigenvalue weighted by atomic mass is 10.0. The number of nitrogens with one attached hydrogen (secondary N) is 2. The Hall–Kier alpha value is -1.09. The van der Waals surface area contributed by atoms with Gasteiger partial charge in [0.05, 0.1) is 12.2 Å². The molecule has 1 atom stereocenters. The van der Waals surface area contributed by atoms with E-state index >= 15 is 0 Å². The van der Waals surface area contributed by atoms with Crippen LogP contribution >= 0.6 is 24.0 Å². The van der Waals surface area contributed by atoms with Crippen molar-refractivity contribution in [1.82, 2.24) is 15.6 Å². The van der Waals surface area contributed by atoms with Crippen molar-refractivity contribution in [1.29, 1.82) is 0 Å². The maximum atomic E-state index is 5.77. The first kappa shape index (κ1) is 24.9. The lowest BCUT2D eigenvalue weighted by Crippen LogP contribution is -2.38. The van der Waals surface area contributed by atoms with Crippen LogP contribution in [0.2, 0.25) is 0 Å². The summed E-state index contributed by atoms with van der Waals surface area (Å²) in [5.74, 6) is 1.94. The molecule has 0 aromatic carbocycles. The van der Waals surface area contributed by atoms with Crippen molar-refractivity contribution in [2.75, 3.05) is 20.2 Å². The van der Waals surface area contributed by atoms with E-state index in [-0.39, 0.29) is 36.2 Å². The Morgan fingerprint density at radius 2 is 1.92 bits per heavy atom. The predicted molar refractivity (Wildman–Crippen MR) is 118 cm³/mol. The Bertz CT molecular complexity index is 507. The van der Waals surface area contributed by atoms with E-state index in [4.69, 9.17) is 9.47 Å². The standard InChI is InChI=1S/C19H34N4O2.HI/c1-7-24-17(14(2)3)10-11-21-19(20-6)23-13-16-8-9-18(22-12-16)25-15(4)5;/h8-9,12,14-15,17H,7,10-11,13H2,1-6H3,(H2,20,21,23);1H. The smallest absolute Gasteiger partial charge is 0.213 e. The van der Waals surface area contributed by atoms with Gasteiger partial charge in [-0.05, 0) is 38.7 Å². The predicted octanol–water partition coefficient (Wildman–Crippen LogP) is 3.60. The fourth-order valence-corrected chi connectivity index (χ4v) is 2.39. The number of aliphatic imine (C=N–C) groups is 1. The van der Waals surface area contributed by atoms with Gasteiger partial charge in [-0.1, -0.05) is 19.9 Å². The molecule has 0 fully saturated rings. The summed E-state index contributed by atoms with van der Waals surface area (Å²) in [7, 11) is 1.77. The highest BCUT2D eigenvalue weighted by Crippen LogP contribution is 2.10. The SMILES string of the molecule is CCOC(CCNC(=NC)NCc1ccc(OC(C)C)nc1)C(C)C.I. The van der Waals surface area contributed by atoms with Crippen LogP contribution in [0.1, 0.15) is 46.6 Å². The summed E-state index contributed by atoms with van der Waals surface area (Å²) >= 11 is 0. The number of aromatic nitrogens is 1. The van der Waals surface area contributed by atoms with Crippen LogP contribution in [0.3, 0.4) is 0 Å². The van der Waals surface area contributed by atoms with Crippen molar-refractivity contribution < 1.29 is 9.47 Å². The third kappa shape index (κ3) is 10.2. The van der Waals surface area contributed by atoms with E-state index in [0.717, 1.165) is 31.1 Å². The molecule has 6 nitrogen and oxygen atoms in total. The van der Waals surface area contributed by atoms with Gasteiger partial charge in [0, 0.05) is 39.0 Å². The van der Waals surface area contributed by atoms with Gasteiger partial charge in [0.2, 0.25) is 5.88 Å². The minimum Gasteiger partial charge on any atom is -0.475 e. The number of hydrogen-bond acceptors (Lipinski definition) is 4. The van der Waals surface area contributed by atoms with E-state index in [9.17, 15) is 0 Å². The van der Waals surface area contributed by atoms with Gasteiger partial charge in [0.25, 0.3) is 0 Å². The topological polar surface area (TPSA) is 67.8 Å². The molecule has 0 aliphatic heterocycles. The van der Waals surface area contributed by atoms with Crippen LogP contribution in [0.5, 0.6) is 5.88 Å². The van der Waals surface area contributed by atoms with Crippen LogP contribution in [-0.2, 0) is 11.3 Å². The Balaban J connectivity index is 0.00000625. The van der Waals surface area contributed by atoms with Crippen LogP contribution in [0.4, 0.5) is 0 Å². The zero-order valence-electron chi connectivity index (χ0n) is 16.9. The average molecular weight is 478 g/mol. The number of pyridine rings is 1. The number of hydrogen-bond donors (Lipinski definition) is 2. The lowest BCUT2D eigenvalue weighted by Gasteiger charge is -2.21. The molecule has 1 aromatic rings. The second-order valence-corrected chi connectivity index (χ2v) is 6.55. The zero-order chi connectivity index (χ0) is 18.7. The largest absolute Gasteiger partial charge is 0.475 e. The van der Waals surface area contributed by atoms with Crippen molar-refractivity contribution in [3.63, 3.8) is 0 Å². The summed E-state index contributed by atoms with van der Waals surface area (Å²) in [5, 5.41) is 6.63. The molecule has 1 rings (SSSR count). The van der Waals surface area contributed by atoms with E-state index < -0.39 is 0 Å². The quantitative estimate of drug-likeness (QED) is 0.306. The maximum Gasteiger partial charge on any atom is 0.213 e. The van der Waals surface area contributed by atoms with Crippen LogP contribution in [0.15, 0.2) is 23.3 Å². The second-order valence-electron chi connectivity index (χ2n) is 6.55. The average Bonchev–Trinajstić information content (AvgIpc) is 2.57. The van der Waals surface area contributed by atoms with Gasteiger partial charge in [-0.15, -0.1) is 24.0 Å². The summed E-state index contributed by atoms with van der Waals surface area (Å²) in [4.78, 5) is 8.57. The van der Waals surface area contributed by atoms with Crippen LogP contribution in [0.25, 0.3) is 0 Å². The third-order valence-electron chi connectivity index (χ3n) is 3.68. The first-order valence-corrected chi connectivity index (χ1v) is 9.13. The number of rotatable bonds is 10. The van der Waals surface area contributed by atoms with Crippen molar-refractivity contribution >= 4 is 29.9 Å². The van der Waals surface area contributed by atoms with Gasteiger partial charge in [-0.3, -0.25) is 4.99 Å². The minimum absolute atomic E-state index is 0. The van der Waals surface area contributed by atoms with Crippen molar-refractivity contribution in [3.8, 4) is 5.88 Å². The summed E-state index contributed by atoms with van der Waals surface area (Å²) in [5.41, 5.74) is 1.08. The molecule has 0 radical (unpaired) electrons. The minimum atomic E-state index is 0.